The minimum atomic E-state index is -1.39. The number of fused-ring (bicyclic) bond motifs is 1. The van der Waals surface area contributed by atoms with E-state index in [2.05, 4.69) is 21.9 Å². The molecule has 0 unspecified atom stereocenters. The number of benzene rings is 1. The highest BCUT2D eigenvalue weighted by molar-refractivity contribution is 6.04. The van der Waals surface area contributed by atoms with Gasteiger partial charge in [0.15, 0.2) is 11.5 Å². The third kappa shape index (κ3) is 4.37. The van der Waals surface area contributed by atoms with Crippen LogP contribution in [-0.4, -0.2) is 56.0 Å². The standard InChI is InChI=1S/C24H21F2N5O3/c1-2-4-14-5-3-6-15(22(14)26)9-20(32)18-10-16(25)12-30(18)21(33)13-31-19-11-28-8-7-17(19)23(29-31)24(27)34/h3,5-8,11,16,18H,9-10,12-13H2,1H3,(H2,27,34)/t16-,18+/m1/s1. The Morgan fingerprint density at radius 2 is 2.06 bits per heavy atom. The highest BCUT2D eigenvalue weighted by Gasteiger charge is 2.39. The zero-order chi connectivity index (χ0) is 24.4. The Morgan fingerprint density at radius 1 is 1.26 bits per heavy atom. The van der Waals surface area contributed by atoms with E-state index >= 15 is 0 Å². The van der Waals surface area contributed by atoms with Gasteiger partial charge in [-0.3, -0.25) is 24.0 Å². The number of carbonyl (C=O) groups excluding carboxylic acids is 3. The van der Waals surface area contributed by atoms with E-state index in [1.165, 1.54) is 29.2 Å². The van der Waals surface area contributed by atoms with Gasteiger partial charge in [-0.15, -0.1) is 5.92 Å². The van der Waals surface area contributed by atoms with Crippen molar-refractivity contribution in [3.63, 3.8) is 0 Å². The van der Waals surface area contributed by atoms with E-state index in [-0.39, 0.29) is 42.8 Å². The van der Waals surface area contributed by atoms with E-state index in [0.717, 1.165) is 4.90 Å². The molecule has 2 atom stereocenters. The minimum Gasteiger partial charge on any atom is -0.364 e. The molecule has 1 aromatic carbocycles. The Balaban J connectivity index is 1.56. The lowest BCUT2D eigenvalue weighted by molar-refractivity contribution is -0.138. The van der Waals surface area contributed by atoms with Gasteiger partial charge in [0.1, 0.15) is 18.5 Å². The maximum Gasteiger partial charge on any atom is 0.269 e. The van der Waals surface area contributed by atoms with Crippen molar-refractivity contribution >= 4 is 28.5 Å². The summed E-state index contributed by atoms with van der Waals surface area (Å²) in [5, 5.41) is 4.54. The van der Waals surface area contributed by atoms with Crippen LogP contribution in [-0.2, 0) is 22.6 Å². The van der Waals surface area contributed by atoms with Crippen LogP contribution < -0.4 is 5.73 Å². The second-order valence-electron chi connectivity index (χ2n) is 7.95. The first-order valence-corrected chi connectivity index (χ1v) is 10.6. The van der Waals surface area contributed by atoms with Crippen molar-refractivity contribution in [3.8, 4) is 11.8 Å². The number of nitrogens with zero attached hydrogens (tertiary/aromatic N) is 4. The molecule has 1 fully saturated rings. The number of Topliss-reactive ketones (excluding diaryl/α,β-unsaturated/α-hetero) is 1. The van der Waals surface area contributed by atoms with Crippen molar-refractivity contribution < 1.29 is 23.2 Å². The number of aromatic nitrogens is 3. The summed E-state index contributed by atoms with van der Waals surface area (Å²) in [5.41, 5.74) is 6.06. The van der Waals surface area contributed by atoms with Gasteiger partial charge in [-0.2, -0.15) is 5.10 Å². The molecule has 1 saturated heterocycles. The molecule has 174 valence electrons. The first-order valence-electron chi connectivity index (χ1n) is 10.6. The van der Waals surface area contributed by atoms with E-state index in [4.69, 9.17) is 5.73 Å². The number of ketones is 1. The van der Waals surface area contributed by atoms with E-state index in [0.29, 0.717) is 10.9 Å². The molecule has 34 heavy (non-hydrogen) atoms. The second-order valence-corrected chi connectivity index (χ2v) is 7.95. The summed E-state index contributed by atoms with van der Waals surface area (Å²) in [4.78, 5) is 42.9. The molecule has 2 N–H and O–H groups in total. The number of rotatable bonds is 6. The Kier molecular flexibility index (Phi) is 6.36. The van der Waals surface area contributed by atoms with Crippen molar-refractivity contribution in [2.24, 2.45) is 5.73 Å². The number of primary amides is 1. The predicted molar refractivity (Wildman–Crippen MR) is 119 cm³/mol. The topological polar surface area (TPSA) is 111 Å². The molecular formula is C24H21F2N5O3. The molecule has 1 aliphatic rings. The number of amides is 2. The quantitative estimate of drug-likeness (QED) is 0.558. The third-order valence-electron chi connectivity index (χ3n) is 5.72. The van der Waals surface area contributed by atoms with Crippen molar-refractivity contribution in [1.82, 2.24) is 19.7 Å². The normalized spacial score (nSPS) is 17.4. The molecule has 4 rings (SSSR count). The van der Waals surface area contributed by atoms with E-state index in [1.54, 1.807) is 19.1 Å². The van der Waals surface area contributed by atoms with E-state index in [9.17, 15) is 23.2 Å². The number of carbonyl (C=O) groups is 3. The van der Waals surface area contributed by atoms with Crippen LogP contribution in [0.3, 0.4) is 0 Å². The van der Waals surface area contributed by atoms with Gasteiger partial charge in [0.25, 0.3) is 5.91 Å². The number of alkyl halides is 1. The zero-order valence-electron chi connectivity index (χ0n) is 18.3. The van der Waals surface area contributed by atoms with Crippen LogP contribution in [0.2, 0.25) is 0 Å². The Labute approximate surface area is 193 Å². The van der Waals surface area contributed by atoms with Crippen molar-refractivity contribution in [3.05, 3.63) is 59.3 Å². The van der Waals surface area contributed by atoms with E-state index in [1.807, 2.05) is 0 Å². The highest BCUT2D eigenvalue weighted by atomic mass is 19.1. The summed E-state index contributed by atoms with van der Waals surface area (Å²) in [6.07, 6.45) is 1.03. The molecule has 3 heterocycles. The number of nitrogens with two attached hydrogens (primary N) is 1. The van der Waals surface area contributed by atoms with Gasteiger partial charge in [0.05, 0.1) is 29.9 Å². The summed E-state index contributed by atoms with van der Waals surface area (Å²) in [5.74, 6) is 2.84. The monoisotopic (exact) mass is 465 g/mol. The molecule has 3 aromatic rings. The van der Waals surface area contributed by atoms with Gasteiger partial charge in [-0.25, -0.2) is 8.78 Å². The predicted octanol–water partition coefficient (Wildman–Crippen LogP) is 1.79. The van der Waals surface area contributed by atoms with Crippen molar-refractivity contribution in [1.29, 1.82) is 0 Å². The molecule has 8 nitrogen and oxygen atoms in total. The van der Waals surface area contributed by atoms with Gasteiger partial charge in [-0.1, -0.05) is 18.1 Å². The summed E-state index contributed by atoms with van der Waals surface area (Å²) in [7, 11) is 0. The molecular weight excluding hydrogens is 444 g/mol. The fourth-order valence-electron chi connectivity index (χ4n) is 4.16. The molecule has 0 aliphatic carbocycles. The zero-order valence-corrected chi connectivity index (χ0v) is 18.3. The summed E-state index contributed by atoms with van der Waals surface area (Å²) in [6.45, 7) is 0.965. The average Bonchev–Trinajstić information content (AvgIpc) is 3.38. The molecule has 2 amide bonds. The molecule has 0 spiro atoms. The summed E-state index contributed by atoms with van der Waals surface area (Å²) in [6, 6.07) is 5.07. The smallest absolute Gasteiger partial charge is 0.269 e. The lowest BCUT2D eigenvalue weighted by Crippen LogP contribution is -2.43. The highest BCUT2D eigenvalue weighted by Crippen LogP contribution is 2.25. The van der Waals surface area contributed by atoms with Crippen LogP contribution in [0, 0.1) is 17.7 Å². The van der Waals surface area contributed by atoms with Gasteiger partial charge < -0.3 is 10.6 Å². The van der Waals surface area contributed by atoms with E-state index < -0.39 is 35.6 Å². The van der Waals surface area contributed by atoms with Crippen molar-refractivity contribution in [2.45, 2.75) is 38.5 Å². The first kappa shape index (κ1) is 23.0. The SMILES string of the molecule is CC#Cc1cccc(CC(=O)[C@@H]2C[C@@H](F)CN2C(=O)Cn2nc(C(N)=O)c3ccncc32)c1F. The van der Waals surface area contributed by atoms with Gasteiger partial charge >= 0.3 is 0 Å². The maximum atomic E-state index is 14.7. The Hall–Kier alpha value is -4.13. The fraction of sp³-hybridized carbons (Fsp3) is 0.292. The van der Waals surface area contributed by atoms with Gasteiger partial charge in [0.2, 0.25) is 5.91 Å². The second kappa shape index (κ2) is 9.39. The largest absolute Gasteiger partial charge is 0.364 e. The molecule has 0 radical (unpaired) electrons. The lowest BCUT2D eigenvalue weighted by Gasteiger charge is -2.23. The number of likely N-dealkylation sites (tertiary alicyclic amines) is 1. The Morgan fingerprint density at radius 3 is 2.79 bits per heavy atom. The summed E-state index contributed by atoms with van der Waals surface area (Å²) >= 11 is 0. The average molecular weight is 465 g/mol. The summed E-state index contributed by atoms with van der Waals surface area (Å²) < 4.78 is 30.2. The lowest BCUT2D eigenvalue weighted by atomic mass is 9.99. The van der Waals surface area contributed by atoms with Gasteiger partial charge in [-0.05, 0) is 24.6 Å². The van der Waals surface area contributed by atoms with Crippen LogP contribution in [0.1, 0.15) is 35.0 Å². The molecule has 2 aromatic heterocycles. The molecule has 0 saturated carbocycles. The minimum absolute atomic E-state index is 0.0202. The Bertz CT molecular complexity index is 1360. The first-order chi connectivity index (χ1) is 16.3. The van der Waals surface area contributed by atoms with Crippen LogP contribution in [0.15, 0.2) is 36.7 Å². The fourth-order valence-corrected chi connectivity index (χ4v) is 4.16. The van der Waals surface area contributed by atoms with Crippen LogP contribution in [0.5, 0.6) is 0 Å². The maximum absolute atomic E-state index is 14.7. The van der Waals surface area contributed by atoms with Gasteiger partial charge in [0, 0.05) is 24.4 Å². The number of hydrogen-bond donors (Lipinski definition) is 1. The van der Waals surface area contributed by atoms with Crippen LogP contribution in [0.4, 0.5) is 8.78 Å². The van der Waals surface area contributed by atoms with Crippen LogP contribution in [0.25, 0.3) is 10.9 Å². The molecule has 0 bridgehead atoms. The number of pyridine rings is 1. The molecule has 10 heteroatoms. The molecule has 1 aliphatic heterocycles. The number of halogens is 2. The van der Waals surface area contributed by atoms with Crippen LogP contribution >= 0.6 is 0 Å². The van der Waals surface area contributed by atoms with Crippen molar-refractivity contribution in [2.75, 3.05) is 6.54 Å². The number of hydrogen-bond acceptors (Lipinski definition) is 5. The third-order valence-corrected chi connectivity index (χ3v) is 5.72.